The third-order valence-corrected chi connectivity index (χ3v) is 2.94. The molecule has 0 aliphatic heterocycles. The highest BCUT2D eigenvalue weighted by atomic mass is 32.1. The fraction of sp³-hybridized carbons (Fsp3) is 0.0833. The predicted molar refractivity (Wildman–Crippen MR) is 65.3 cm³/mol. The van der Waals surface area contributed by atoms with Crippen LogP contribution in [-0.4, -0.2) is 5.91 Å². The van der Waals surface area contributed by atoms with E-state index in [4.69, 9.17) is 0 Å². The van der Waals surface area contributed by atoms with Gasteiger partial charge < -0.3 is 5.32 Å². The number of rotatable bonds is 2. The first kappa shape index (κ1) is 9.93. The molecule has 0 radical (unpaired) electrons. The standard InChI is InChI=1S/C12H11NOS/c1-2-3-12(14)13-10-4-5-11-9(8-10)6-7-15-11/h2-8H,1H3,(H,13,14)/b3-2+. The van der Waals surface area contributed by atoms with Crippen LogP contribution in [0.5, 0.6) is 0 Å². The number of allylic oxidation sites excluding steroid dienone is 1. The number of nitrogens with one attached hydrogen (secondary N) is 1. The van der Waals surface area contributed by atoms with Crippen molar-refractivity contribution in [1.82, 2.24) is 0 Å². The molecule has 15 heavy (non-hydrogen) atoms. The highest BCUT2D eigenvalue weighted by Crippen LogP contribution is 2.23. The Morgan fingerprint density at radius 1 is 1.40 bits per heavy atom. The molecule has 0 fully saturated rings. The molecule has 2 rings (SSSR count). The van der Waals surface area contributed by atoms with Gasteiger partial charge in [0.1, 0.15) is 0 Å². The maximum Gasteiger partial charge on any atom is 0.248 e. The molecule has 2 nitrogen and oxygen atoms in total. The van der Waals surface area contributed by atoms with Crippen molar-refractivity contribution in [2.45, 2.75) is 6.92 Å². The van der Waals surface area contributed by atoms with Gasteiger partial charge in [0.15, 0.2) is 0 Å². The second-order valence-corrected chi connectivity index (χ2v) is 4.11. The van der Waals surface area contributed by atoms with Crippen LogP contribution in [0.4, 0.5) is 5.69 Å². The van der Waals surface area contributed by atoms with Gasteiger partial charge in [-0.05, 0) is 48.0 Å². The lowest BCUT2D eigenvalue weighted by Crippen LogP contribution is -2.07. The normalized spacial score (nSPS) is 11.0. The molecule has 0 saturated carbocycles. The predicted octanol–water partition coefficient (Wildman–Crippen LogP) is 3.42. The van der Waals surface area contributed by atoms with Gasteiger partial charge >= 0.3 is 0 Å². The Morgan fingerprint density at radius 3 is 3.07 bits per heavy atom. The van der Waals surface area contributed by atoms with Crippen LogP contribution >= 0.6 is 11.3 Å². The molecular formula is C12H11NOS. The zero-order chi connectivity index (χ0) is 10.7. The monoisotopic (exact) mass is 217 g/mol. The van der Waals surface area contributed by atoms with E-state index in [1.165, 1.54) is 16.2 Å². The van der Waals surface area contributed by atoms with Crippen LogP contribution in [0.25, 0.3) is 10.1 Å². The summed E-state index contributed by atoms with van der Waals surface area (Å²) in [5.41, 5.74) is 0.837. The highest BCUT2D eigenvalue weighted by molar-refractivity contribution is 7.17. The van der Waals surface area contributed by atoms with Crippen molar-refractivity contribution in [2.24, 2.45) is 0 Å². The van der Waals surface area contributed by atoms with E-state index < -0.39 is 0 Å². The Hall–Kier alpha value is -1.61. The Bertz CT molecular complexity index is 513. The van der Waals surface area contributed by atoms with Gasteiger partial charge in [-0.1, -0.05) is 6.08 Å². The van der Waals surface area contributed by atoms with Gasteiger partial charge in [-0.3, -0.25) is 4.79 Å². The summed E-state index contributed by atoms with van der Waals surface area (Å²) in [5, 5.41) is 6.01. The number of benzene rings is 1. The summed E-state index contributed by atoms with van der Waals surface area (Å²) in [4.78, 5) is 11.3. The second-order valence-electron chi connectivity index (χ2n) is 3.16. The average molecular weight is 217 g/mol. The first-order valence-electron chi connectivity index (χ1n) is 4.70. The summed E-state index contributed by atoms with van der Waals surface area (Å²) in [6, 6.07) is 7.96. The third kappa shape index (κ3) is 2.25. The van der Waals surface area contributed by atoms with Gasteiger partial charge in [0.25, 0.3) is 0 Å². The summed E-state index contributed by atoms with van der Waals surface area (Å²) in [6.07, 6.45) is 3.23. The van der Waals surface area contributed by atoms with Crippen LogP contribution in [0, 0.1) is 0 Å². The molecule has 0 atom stereocenters. The average Bonchev–Trinajstić information content (AvgIpc) is 2.65. The summed E-state index contributed by atoms with van der Waals surface area (Å²) in [7, 11) is 0. The Balaban J connectivity index is 2.24. The van der Waals surface area contributed by atoms with E-state index in [0.717, 1.165) is 5.69 Å². The van der Waals surface area contributed by atoms with E-state index in [1.54, 1.807) is 17.4 Å². The minimum atomic E-state index is -0.0907. The Kier molecular flexibility index (Phi) is 2.83. The smallest absolute Gasteiger partial charge is 0.248 e. The molecule has 0 bridgehead atoms. The van der Waals surface area contributed by atoms with E-state index in [9.17, 15) is 4.79 Å². The molecule has 1 heterocycles. The van der Waals surface area contributed by atoms with Gasteiger partial charge in [-0.2, -0.15) is 0 Å². The van der Waals surface area contributed by atoms with Crippen molar-refractivity contribution >= 4 is 33.0 Å². The molecule has 0 spiro atoms. The van der Waals surface area contributed by atoms with E-state index >= 15 is 0 Å². The van der Waals surface area contributed by atoms with E-state index in [2.05, 4.69) is 5.32 Å². The Labute approximate surface area is 92.2 Å². The molecule has 3 heteroatoms. The number of hydrogen-bond donors (Lipinski definition) is 1. The number of anilines is 1. The number of thiophene rings is 1. The van der Waals surface area contributed by atoms with Crippen LogP contribution < -0.4 is 5.32 Å². The summed E-state index contributed by atoms with van der Waals surface area (Å²) in [5.74, 6) is -0.0907. The summed E-state index contributed by atoms with van der Waals surface area (Å²) in [6.45, 7) is 1.82. The molecule has 0 unspecified atom stereocenters. The first-order chi connectivity index (χ1) is 7.29. The van der Waals surface area contributed by atoms with Crippen LogP contribution in [0.2, 0.25) is 0 Å². The van der Waals surface area contributed by atoms with E-state index in [1.807, 2.05) is 36.6 Å². The van der Waals surface area contributed by atoms with Crippen LogP contribution in [0.3, 0.4) is 0 Å². The number of carbonyl (C=O) groups is 1. The van der Waals surface area contributed by atoms with Gasteiger partial charge in [-0.15, -0.1) is 11.3 Å². The van der Waals surface area contributed by atoms with Crippen molar-refractivity contribution in [3.05, 3.63) is 41.8 Å². The molecule has 0 aliphatic carbocycles. The van der Waals surface area contributed by atoms with Gasteiger partial charge in [0.05, 0.1) is 0 Å². The zero-order valence-electron chi connectivity index (χ0n) is 8.36. The van der Waals surface area contributed by atoms with Crippen molar-refractivity contribution in [2.75, 3.05) is 5.32 Å². The zero-order valence-corrected chi connectivity index (χ0v) is 9.17. The van der Waals surface area contributed by atoms with Crippen LogP contribution in [-0.2, 0) is 4.79 Å². The second kappa shape index (κ2) is 4.28. The van der Waals surface area contributed by atoms with Crippen LogP contribution in [0.1, 0.15) is 6.92 Å². The SMILES string of the molecule is C/C=C/C(=O)Nc1ccc2sccc2c1. The fourth-order valence-corrected chi connectivity index (χ4v) is 2.15. The molecule has 0 aliphatic rings. The molecule has 1 aromatic heterocycles. The van der Waals surface area contributed by atoms with Gasteiger partial charge in [0.2, 0.25) is 5.91 Å². The number of hydrogen-bond acceptors (Lipinski definition) is 2. The van der Waals surface area contributed by atoms with Crippen molar-refractivity contribution in [3.63, 3.8) is 0 Å². The van der Waals surface area contributed by atoms with Gasteiger partial charge in [-0.25, -0.2) is 0 Å². The maximum atomic E-state index is 11.3. The third-order valence-electron chi connectivity index (χ3n) is 2.04. The number of fused-ring (bicyclic) bond motifs is 1. The van der Waals surface area contributed by atoms with Crippen molar-refractivity contribution in [1.29, 1.82) is 0 Å². The minimum Gasteiger partial charge on any atom is -0.323 e. The van der Waals surface area contributed by atoms with Crippen LogP contribution in [0.15, 0.2) is 41.8 Å². The molecule has 76 valence electrons. The molecule has 1 aromatic carbocycles. The van der Waals surface area contributed by atoms with Crippen molar-refractivity contribution in [3.8, 4) is 0 Å². The molecule has 2 aromatic rings. The summed E-state index contributed by atoms with van der Waals surface area (Å²) >= 11 is 1.70. The Morgan fingerprint density at radius 2 is 2.27 bits per heavy atom. The lowest BCUT2D eigenvalue weighted by molar-refractivity contribution is -0.111. The molecular weight excluding hydrogens is 206 g/mol. The van der Waals surface area contributed by atoms with E-state index in [-0.39, 0.29) is 5.91 Å². The lowest BCUT2D eigenvalue weighted by atomic mass is 10.2. The van der Waals surface area contributed by atoms with Gasteiger partial charge in [0, 0.05) is 10.4 Å². The van der Waals surface area contributed by atoms with E-state index in [0.29, 0.717) is 0 Å². The maximum absolute atomic E-state index is 11.3. The first-order valence-corrected chi connectivity index (χ1v) is 5.58. The molecule has 1 N–H and O–H groups in total. The highest BCUT2D eigenvalue weighted by Gasteiger charge is 1.99. The molecule has 0 saturated heterocycles. The fourth-order valence-electron chi connectivity index (χ4n) is 1.38. The summed E-state index contributed by atoms with van der Waals surface area (Å²) < 4.78 is 1.24. The van der Waals surface area contributed by atoms with Crippen molar-refractivity contribution < 1.29 is 4.79 Å². The minimum absolute atomic E-state index is 0.0907. The lowest BCUT2D eigenvalue weighted by Gasteiger charge is -2.01. The topological polar surface area (TPSA) is 29.1 Å². The molecule has 1 amide bonds. The largest absolute Gasteiger partial charge is 0.323 e. The number of amides is 1. The quantitative estimate of drug-likeness (QED) is 0.767. The number of carbonyl (C=O) groups excluding carboxylic acids is 1.